The topological polar surface area (TPSA) is 77.9 Å². The molecule has 0 aliphatic carbocycles. The van der Waals surface area contributed by atoms with Crippen molar-refractivity contribution >= 4 is 22.8 Å². The number of aryl methyl sites for hydroxylation is 1. The van der Waals surface area contributed by atoms with Crippen LogP contribution in [0.1, 0.15) is 51.1 Å². The van der Waals surface area contributed by atoms with Gasteiger partial charge in [0.15, 0.2) is 11.4 Å². The summed E-state index contributed by atoms with van der Waals surface area (Å²) >= 11 is 1.55. The number of aliphatic hydroxyl groups excluding tert-OH is 1. The number of likely N-dealkylation sites (tertiary alicyclic amines) is 1. The Labute approximate surface area is 181 Å². The molecule has 0 spiro atoms. The molecule has 4 rings (SSSR count). The Morgan fingerprint density at radius 2 is 2.10 bits per heavy atom. The van der Waals surface area contributed by atoms with Gasteiger partial charge in [-0.1, -0.05) is 17.4 Å². The van der Waals surface area contributed by atoms with Crippen LogP contribution < -0.4 is 15.0 Å². The van der Waals surface area contributed by atoms with Gasteiger partial charge in [-0.05, 0) is 63.5 Å². The number of hydrogen-bond donors (Lipinski definition) is 2. The molecule has 2 aliphatic rings. The Hall–Kier alpha value is -2.00. The molecule has 1 atom stereocenters. The van der Waals surface area contributed by atoms with E-state index >= 15 is 0 Å². The maximum Gasteiger partial charge on any atom is 0.186 e. The first kappa shape index (κ1) is 21.2. The normalized spacial score (nSPS) is 18.9. The predicted octanol–water partition coefficient (Wildman–Crippen LogP) is 2.51. The van der Waals surface area contributed by atoms with Crippen molar-refractivity contribution in [3.05, 3.63) is 39.4 Å². The number of ether oxygens (including phenoxy) is 1. The van der Waals surface area contributed by atoms with E-state index in [1.165, 1.54) is 0 Å². The molecule has 8 heteroatoms. The van der Waals surface area contributed by atoms with E-state index in [0.717, 1.165) is 72.0 Å². The van der Waals surface area contributed by atoms with Crippen LogP contribution in [0, 0.1) is 6.92 Å². The number of hydrogen-bond acceptors (Lipinski definition) is 8. The lowest BCUT2D eigenvalue weighted by molar-refractivity contribution is 0.106. The van der Waals surface area contributed by atoms with Gasteiger partial charge < -0.3 is 19.6 Å². The van der Waals surface area contributed by atoms with Crippen molar-refractivity contribution in [1.82, 2.24) is 15.2 Å². The summed E-state index contributed by atoms with van der Waals surface area (Å²) in [5, 5.41) is 15.1. The molecule has 0 saturated carbocycles. The maximum absolute atomic E-state index is 11.6. The van der Waals surface area contributed by atoms with Gasteiger partial charge in [-0.2, -0.15) is 0 Å². The summed E-state index contributed by atoms with van der Waals surface area (Å²) in [5.41, 5.74) is 3.72. The smallest absolute Gasteiger partial charge is 0.186 e. The number of anilines is 1. The second kappa shape index (κ2) is 9.01. The number of aliphatic hydroxyl groups is 1. The molecule has 2 aromatic rings. The summed E-state index contributed by atoms with van der Waals surface area (Å²) in [4.78, 5) is 21.8. The van der Waals surface area contributed by atoms with E-state index in [1.54, 1.807) is 18.4 Å². The van der Waals surface area contributed by atoms with Crippen LogP contribution in [0.4, 0.5) is 5.13 Å². The Kier molecular flexibility index (Phi) is 6.38. The van der Waals surface area contributed by atoms with Gasteiger partial charge in [0.2, 0.25) is 0 Å². The van der Waals surface area contributed by atoms with Gasteiger partial charge in [-0.15, -0.1) is 0 Å². The lowest BCUT2D eigenvalue weighted by Gasteiger charge is -2.31. The van der Waals surface area contributed by atoms with Crippen LogP contribution in [0.15, 0.2) is 12.1 Å². The largest absolute Gasteiger partial charge is 0.496 e. The lowest BCUT2D eigenvalue weighted by atomic mass is 9.94. The third kappa shape index (κ3) is 4.23. The number of aromatic nitrogens is 1. The molecule has 0 radical (unpaired) electrons. The van der Waals surface area contributed by atoms with E-state index in [0.29, 0.717) is 23.9 Å². The molecule has 1 aromatic carbocycles. The minimum absolute atomic E-state index is 0.333. The van der Waals surface area contributed by atoms with E-state index in [2.05, 4.69) is 22.2 Å². The monoisotopic (exact) mass is 430 g/mol. The molecule has 1 fully saturated rings. The van der Waals surface area contributed by atoms with Crippen LogP contribution in [0.25, 0.3) is 0 Å². The zero-order valence-electron chi connectivity index (χ0n) is 17.9. The van der Waals surface area contributed by atoms with Gasteiger partial charge >= 0.3 is 0 Å². The number of carbonyl (C=O) groups excluding carboxylic acids is 1. The number of benzene rings is 1. The summed E-state index contributed by atoms with van der Waals surface area (Å²) in [7, 11) is 3.73. The Morgan fingerprint density at radius 3 is 2.80 bits per heavy atom. The number of thiazole rings is 1. The van der Waals surface area contributed by atoms with Crippen molar-refractivity contribution < 1.29 is 14.6 Å². The quantitative estimate of drug-likeness (QED) is 0.539. The molecule has 2 N–H and O–H groups in total. The van der Waals surface area contributed by atoms with E-state index < -0.39 is 6.23 Å². The highest BCUT2D eigenvalue weighted by Gasteiger charge is 2.26. The van der Waals surface area contributed by atoms with Crippen LogP contribution in [0.5, 0.6) is 5.75 Å². The third-order valence-corrected chi connectivity index (χ3v) is 7.47. The molecule has 162 valence electrons. The number of rotatable bonds is 6. The highest BCUT2D eigenvalue weighted by atomic mass is 32.1. The zero-order chi connectivity index (χ0) is 21.3. The van der Waals surface area contributed by atoms with E-state index in [1.807, 2.05) is 19.1 Å². The highest BCUT2D eigenvalue weighted by molar-refractivity contribution is 7.15. The predicted molar refractivity (Wildman–Crippen MR) is 119 cm³/mol. The fraction of sp³-hybridized carbons (Fsp3) is 0.545. The van der Waals surface area contributed by atoms with Crippen LogP contribution in [-0.2, 0) is 13.0 Å². The molecular formula is C22H30N4O3S. The number of piperidine rings is 1. The van der Waals surface area contributed by atoms with Crippen molar-refractivity contribution in [1.29, 1.82) is 0 Å². The van der Waals surface area contributed by atoms with Crippen molar-refractivity contribution in [3.8, 4) is 5.75 Å². The molecule has 3 heterocycles. The van der Waals surface area contributed by atoms with Gasteiger partial charge in [-0.3, -0.25) is 10.1 Å². The minimum Gasteiger partial charge on any atom is -0.496 e. The number of nitrogens with zero attached hydrogens (tertiary/aromatic N) is 3. The van der Waals surface area contributed by atoms with Crippen LogP contribution in [-0.4, -0.2) is 61.1 Å². The standard InChI is InChI=1S/C22H30N4O3S/c1-14-20(21(28)24-16-6-9-25(2)10-7-16)30-22(23-14)26-11-8-17-15(12-26)4-5-19(29-3)18(17)13-27/h4-5,13,16,21,24,28H,6-12H2,1-3H3. The highest BCUT2D eigenvalue weighted by Crippen LogP contribution is 2.35. The van der Waals surface area contributed by atoms with Crippen molar-refractivity contribution in [2.75, 3.05) is 38.7 Å². The third-order valence-electron chi connectivity index (χ3n) is 6.20. The van der Waals surface area contributed by atoms with Crippen molar-refractivity contribution in [3.63, 3.8) is 0 Å². The maximum atomic E-state index is 11.6. The van der Waals surface area contributed by atoms with Crippen molar-refractivity contribution in [2.24, 2.45) is 0 Å². The fourth-order valence-electron chi connectivity index (χ4n) is 4.39. The molecule has 7 nitrogen and oxygen atoms in total. The SMILES string of the molecule is COc1ccc2c(c1C=O)CCN(c1nc(C)c(C(O)NC3CCN(C)CC3)s1)C2. The summed E-state index contributed by atoms with van der Waals surface area (Å²) in [5.74, 6) is 0.632. The van der Waals surface area contributed by atoms with E-state index in [4.69, 9.17) is 9.72 Å². The Bertz CT molecular complexity index is 908. The molecule has 1 aromatic heterocycles. The van der Waals surface area contributed by atoms with Gasteiger partial charge in [-0.25, -0.2) is 4.98 Å². The number of methoxy groups -OCH3 is 1. The van der Waals surface area contributed by atoms with Gasteiger partial charge in [0, 0.05) is 19.1 Å². The molecule has 2 aliphatic heterocycles. The summed E-state index contributed by atoms with van der Waals surface area (Å²) in [6.07, 6.45) is 3.07. The van der Waals surface area contributed by atoms with E-state index in [-0.39, 0.29) is 0 Å². The number of aldehydes is 1. The van der Waals surface area contributed by atoms with Crippen molar-refractivity contribution in [2.45, 2.75) is 45.0 Å². The number of carbonyl (C=O) groups is 1. The number of fused-ring (bicyclic) bond motifs is 1. The van der Waals surface area contributed by atoms with Gasteiger partial charge in [0.1, 0.15) is 12.0 Å². The van der Waals surface area contributed by atoms with Gasteiger partial charge in [0.25, 0.3) is 0 Å². The molecule has 1 saturated heterocycles. The first-order chi connectivity index (χ1) is 14.5. The number of nitrogens with one attached hydrogen (secondary N) is 1. The van der Waals surface area contributed by atoms with Gasteiger partial charge in [0.05, 0.1) is 23.2 Å². The fourth-order valence-corrected chi connectivity index (χ4v) is 5.43. The minimum atomic E-state index is -0.687. The molecule has 0 bridgehead atoms. The summed E-state index contributed by atoms with van der Waals surface area (Å²) < 4.78 is 5.33. The van der Waals surface area contributed by atoms with Crippen LogP contribution in [0.3, 0.4) is 0 Å². The average molecular weight is 431 g/mol. The molecular weight excluding hydrogens is 400 g/mol. The van der Waals surface area contributed by atoms with Crippen LogP contribution in [0.2, 0.25) is 0 Å². The Balaban J connectivity index is 1.48. The molecule has 30 heavy (non-hydrogen) atoms. The summed E-state index contributed by atoms with van der Waals surface area (Å²) in [6, 6.07) is 4.23. The first-order valence-electron chi connectivity index (χ1n) is 10.5. The second-order valence-corrected chi connectivity index (χ2v) is 9.21. The molecule has 0 amide bonds. The Morgan fingerprint density at radius 1 is 1.33 bits per heavy atom. The zero-order valence-corrected chi connectivity index (χ0v) is 18.7. The average Bonchev–Trinajstić information content (AvgIpc) is 3.15. The van der Waals surface area contributed by atoms with E-state index in [9.17, 15) is 9.90 Å². The van der Waals surface area contributed by atoms with Crippen LogP contribution >= 0.6 is 11.3 Å². The molecule has 1 unspecified atom stereocenters. The second-order valence-electron chi connectivity index (χ2n) is 8.20. The lowest BCUT2D eigenvalue weighted by Crippen LogP contribution is -2.42. The first-order valence-corrected chi connectivity index (χ1v) is 11.3. The summed E-state index contributed by atoms with van der Waals surface area (Å²) in [6.45, 7) is 5.55.